The number of methoxy groups -OCH3 is 1. The summed E-state index contributed by atoms with van der Waals surface area (Å²) < 4.78 is 7.39. The number of anilines is 1. The van der Waals surface area contributed by atoms with E-state index in [0.29, 0.717) is 17.3 Å². The minimum absolute atomic E-state index is 0.229. The maximum absolute atomic E-state index is 12.7. The summed E-state index contributed by atoms with van der Waals surface area (Å²) in [7, 11) is 1.62. The number of carbonyl (C=O) groups is 1. The molecule has 29 heavy (non-hydrogen) atoms. The molecule has 0 atom stereocenters. The van der Waals surface area contributed by atoms with Gasteiger partial charge >= 0.3 is 0 Å². The quantitative estimate of drug-likeness (QED) is 0.495. The first-order valence-corrected chi connectivity index (χ1v) is 9.32. The predicted octanol–water partition coefficient (Wildman–Crippen LogP) is 4.97. The van der Waals surface area contributed by atoms with Crippen molar-refractivity contribution in [2.24, 2.45) is 0 Å². The maximum Gasteiger partial charge on any atom is 0.249 e. The Labute approximate surface area is 169 Å². The van der Waals surface area contributed by atoms with Gasteiger partial charge in [-0.3, -0.25) is 9.20 Å². The lowest BCUT2D eigenvalue weighted by Gasteiger charge is -2.09. The van der Waals surface area contributed by atoms with Crippen LogP contribution in [0.1, 0.15) is 11.1 Å². The topological polar surface area (TPSA) is 55.6 Å². The van der Waals surface area contributed by atoms with E-state index in [1.165, 1.54) is 6.08 Å². The zero-order chi connectivity index (χ0) is 20.2. The third-order valence-corrected chi connectivity index (χ3v) is 4.61. The average Bonchev–Trinajstić information content (AvgIpc) is 3.10. The Kier molecular flexibility index (Phi) is 5.12. The fourth-order valence-corrected chi connectivity index (χ4v) is 3.19. The molecule has 4 rings (SSSR count). The van der Waals surface area contributed by atoms with E-state index in [2.05, 4.69) is 5.32 Å². The van der Waals surface area contributed by atoms with Gasteiger partial charge in [0.25, 0.3) is 0 Å². The number of nitrogens with one attached hydrogen (secondary N) is 1. The first kappa shape index (κ1) is 18.5. The van der Waals surface area contributed by atoms with Gasteiger partial charge in [0, 0.05) is 17.8 Å². The lowest BCUT2D eigenvalue weighted by Crippen LogP contribution is -2.10. The Morgan fingerprint density at radius 1 is 1.07 bits per heavy atom. The molecule has 0 aliphatic carbocycles. The number of imidazole rings is 1. The summed E-state index contributed by atoms with van der Waals surface area (Å²) in [6.07, 6.45) is 5.22. The molecule has 0 bridgehead atoms. The van der Waals surface area contributed by atoms with E-state index >= 15 is 0 Å². The molecule has 1 N–H and O–H groups in total. The number of nitrogens with zero attached hydrogens (tertiary/aromatic N) is 2. The van der Waals surface area contributed by atoms with Crippen LogP contribution in [0.5, 0.6) is 5.75 Å². The number of aromatic nitrogens is 2. The second-order valence-corrected chi connectivity index (χ2v) is 6.67. The van der Waals surface area contributed by atoms with Gasteiger partial charge in [0.2, 0.25) is 5.91 Å². The van der Waals surface area contributed by atoms with E-state index in [4.69, 9.17) is 9.72 Å². The van der Waals surface area contributed by atoms with Gasteiger partial charge in [-0.1, -0.05) is 42.5 Å². The Morgan fingerprint density at radius 2 is 1.83 bits per heavy atom. The molecule has 0 aliphatic rings. The van der Waals surface area contributed by atoms with Crippen molar-refractivity contribution in [2.75, 3.05) is 12.4 Å². The Hall–Kier alpha value is -3.86. The molecule has 2 aromatic heterocycles. The first-order chi connectivity index (χ1) is 14.2. The van der Waals surface area contributed by atoms with E-state index in [-0.39, 0.29) is 5.91 Å². The normalized spacial score (nSPS) is 11.1. The largest absolute Gasteiger partial charge is 0.496 e. The van der Waals surface area contributed by atoms with Crippen LogP contribution in [-0.4, -0.2) is 22.4 Å². The Morgan fingerprint density at radius 3 is 2.62 bits per heavy atom. The van der Waals surface area contributed by atoms with Crippen molar-refractivity contribution in [3.8, 4) is 17.0 Å². The van der Waals surface area contributed by atoms with Gasteiger partial charge in [-0.15, -0.1) is 0 Å². The fraction of sp³-hybridized carbons (Fsp3) is 0.0833. The zero-order valence-electron chi connectivity index (χ0n) is 16.3. The molecule has 0 unspecified atom stereocenters. The number of aryl methyl sites for hydroxylation is 1. The van der Waals surface area contributed by atoms with Gasteiger partial charge in [0.1, 0.15) is 22.9 Å². The number of para-hydroxylation sites is 1. The number of hydrogen-bond acceptors (Lipinski definition) is 3. The van der Waals surface area contributed by atoms with Crippen LogP contribution >= 0.6 is 0 Å². The fourth-order valence-electron chi connectivity index (χ4n) is 3.19. The molecule has 1 amide bonds. The second kappa shape index (κ2) is 8.02. The molecule has 0 aliphatic heterocycles. The van der Waals surface area contributed by atoms with E-state index in [1.54, 1.807) is 13.2 Å². The van der Waals surface area contributed by atoms with Gasteiger partial charge in [0.05, 0.1) is 7.11 Å². The van der Waals surface area contributed by atoms with Gasteiger partial charge in [-0.05, 0) is 48.4 Å². The van der Waals surface area contributed by atoms with Crippen LogP contribution in [0.3, 0.4) is 0 Å². The lowest BCUT2D eigenvalue weighted by molar-refractivity contribution is -0.111. The van der Waals surface area contributed by atoms with Crippen molar-refractivity contribution in [1.29, 1.82) is 0 Å². The predicted molar refractivity (Wildman–Crippen MR) is 116 cm³/mol. The van der Waals surface area contributed by atoms with Crippen LogP contribution in [0.2, 0.25) is 0 Å². The molecular weight excluding hydrogens is 362 g/mol. The van der Waals surface area contributed by atoms with Gasteiger partial charge < -0.3 is 10.1 Å². The lowest BCUT2D eigenvalue weighted by atomic mass is 10.1. The molecular formula is C24H21N3O2. The molecule has 0 saturated carbocycles. The maximum atomic E-state index is 12.7. The highest BCUT2D eigenvalue weighted by molar-refractivity contribution is 6.04. The Bertz CT molecular complexity index is 1190. The third-order valence-electron chi connectivity index (χ3n) is 4.61. The minimum atomic E-state index is -0.229. The molecule has 5 heteroatoms. The number of hydrogen-bond donors (Lipinski definition) is 1. The number of pyridine rings is 1. The molecule has 144 valence electrons. The summed E-state index contributed by atoms with van der Waals surface area (Å²) in [4.78, 5) is 17.4. The standard InChI is InChI=1S/C24H21N3O2/c1-17-14-15-27-21(16-17)25-23(19-10-6-7-11-20(19)29-2)24(27)26-22(28)13-12-18-8-4-3-5-9-18/h3-16H,1-2H3,(H,26,28)/b13-12+. The highest BCUT2D eigenvalue weighted by Crippen LogP contribution is 2.35. The number of amides is 1. The second-order valence-electron chi connectivity index (χ2n) is 6.67. The van der Waals surface area contributed by atoms with E-state index in [1.807, 2.05) is 84.3 Å². The van der Waals surface area contributed by atoms with Crippen LogP contribution in [0.4, 0.5) is 5.82 Å². The summed E-state index contributed by atoms with van der Waals surface area (Å²) in [5.41, 5.74) is 4.29. The van der Waals surface area contributed by atoms with Crippen LogP contribution in [0.25, 0.3) is 23.0 Å². The third kappa shape index (κ3) is 3.89. The summed E-state index contributed by atoms with van der Waals surface area (Å²) in [6, 6.07) is 21.3. The van der Waals surface area contributed by atoms with Crippen molar-refractivity contribution in [2.45, 2.75) is 6.92 Å². The molecule has 0 radical (unpaired) electrons. The van der Waals surface area contributed by atoms with Gasteiger partial charge in [-0.2, -0.15) is 0 Å². The summed E-state index contributed by atoms with van der Waals surface area (Å²) >= 11 is 0. The number of fused-ring (bicyclic) bond motifs is 1. The molecule has 0 saturated heterocycles. The van der Waals surface area contributed by atoms with Gasteiger partial charge in [0.15, 0.2) is 0 Å². The molecule has 2 heterocycles. The SMILES string of the molecule is COc1ccccc1-c1nc2cc(C)ccn2c1NC(=O)/C=C/c1ccccc1. The summed E-state index contributed by atoms with van der Waals surface area (Å²) in [5.74, 6) is 1.07. The van der Waals surface area contributed by atoms with E-state index in [9.17, 15) is 4.79 Å². The molecule has 0 fully saturated rings. The number of rotatable bonds is 5. The first-order valence-electron chi connectivity index (χ1n) is 9.32. The van der Waals surface area contributed by atoms with E-state index in [0.717, 1.165) is 22.3 Å². The number of ether oxygens (including phenoxy) is 1. The van der Waals surface area contributed by atoms with Crippen molar-refractivity contribution >= 4 is 23.4 Å². The molecule has 5 nitrogen and oxygen atoms in total. The summed E-state index contributed by atoms with van der Waals surface area (Å²) in [6.45, 7) is 2.01. The van der Waals surface area contributed by atoms with Crippen molar-refractivity contribution in [3.05, 3.63) is 90.1 Å². The number of carbonyl (C=O) groups excluding carboxylic acids is 1. The Balaban J connectivity index is 1.76. The average molecular weight is 383 g/mol. The van der Waals surface area contributed by atoms with Crippen molar-refractivity contribution < 1.29 is 9.53 Å². The van der Waals surface area contributed by atoms with Crippen LogP contribution in [0, 0.1) is 6.92 Å². The number of benzene rings is 2. The van der Waals surface area contributed by atoms with Crippen molar-refractivity contribution in [1.82, 2.24) is 9.38 Å². The smallest absolute Gasteiger partial charge is 0.249 e. The van der Waals surface area contributed by atoms with Crippen LogP contribution in [-0.2, 0) is 4.79 Å². The summed E-state index contributed by atoms with van der Waals surface area (Å²) in [5, 5.41) is 2.99. The highest BCUT2D eigenvalue weighted by Gasteiger charge is 2.18. The van der Waals surface area contributed by atoms with Crippen LogP contribution in [0.15, 0.2) is 79.0 Å². The van der Waals surface area contributed by atoms with Crippen LogP contribution < -0.4 is 10.1 Å². The highest BCUT2D eigenvalue weighted by atomic mass is 16.5. The van der Waals surface area contributed by atoms with Crippen molar-refractivity contribution in [3.63, 3.8) is 0 Å². The monoisotopic (exact) mass is 383 g/mol. The molecule has 2 aromatic carbocycles. The molecule has 0 spiro atoms. The minimum Gasteiger partial charge on any atom is -0.496 e. The zero-order valence-corrected chi connectivity index (χ0v) is 16.3. The van der Waals surface area contributed by atoms with Gasteiger partial charge in [-0.25, -0.2) is 4.98 Å². The van der Waals surface area contributed by atoms with E-state index < -0.39 is 0 Å². The molecule has 4 aromatic rings.